The molecule has 0 spiro atoms. The molecule has 156 valence electrons. The molecule has 4 aromatic heterocycles. The van der Waals surface area contributed by atoms with Gasteiger partial charge < -0.3 is 5.32 Å². The molecule has 4 heterocycles. The maximum Gasteiger partial charge on any atom is 0.263 e. The molecule has 0 aliphatic rings. The molecule has 0 unspecified atom stereocenters. The monoisotopic (exact) mass is 419 g/mol. The third-order valence-corrected chi connectivity index (χ3v) is 4.70. The summed E-state index contributed by atoms with van der Waals surface area (Å²) in [5, 5.41) is 16.6. The fraction of sp³-hybridized carbons (Fsp3) is 0.238. The number of fused-ring (bicyclic) bond motifs is 3. The predicted molar refractivity (Wildman–Crippen MR) is 111 cm³/mol. The Labute approximate surface area is 175 Å². The number of carbonyl (C=O) groups excluding carboxylic acids is 1. The van der Waals surface area contributed by atoms with Gasteiger partial charge in [-0.2, -0.15) is 14.9 Å². The molecule has 0 radical (unpaired) electrons. The van der Waals surface area contributed by atoms with Crippen molar-refractivity contribution >= 4 is 28.4 Å². The lowest BCUT2D eigenvalue weighted by Gasteiger charge is -2.13. The summed E-state index contributed by atoms with van der Waals surface area (Å²) < 4.78 is 15.8. The van der Waals surface area contributed by atoms with Crippen LogP contribution in [-0.2, 0) is 16.8 Å². The smallest absolute Gasteiger partial charge is 0.263 e. The molecule has 0 bridgehead atoms. The zero-order valence-corrected chi connectivity index (χ0v) is 17.0. The molecule has 0 aliphatic heterocycles. The summed E-state index contributed by atoms with van der Waals surface area (Å²) in [6.07, 6.45) is 0.987. The minimum Gasteiger partial charge on any atom is -0.309 e. The molecule has 0 saturated heterocycles. The van der Waals surface area contributed by atoms with Crippen LogP contribution in [0.25, 0.3) is 16.7 Å². The van der Waals surface area contributed by atoms with Gasteiger partial charge in [0.1, 0.15) is 35.6 Å². The minimum atomic E-state index is -0.524. The highest BCUT2D eigenvalue weighted by molar-refractivity contribution is 5.90. The maximum absolute atomic E-state index is 13.2. The average Bonchev–Trinajstić information content (AvgIpc) is 3.18. The summed E-state index contributed by atoms with van der Waals surface area (Å²) in [5.74, 6) is -0.869. The fourth-order valence-electron chi connectivity index (χ4n) is 3.10. The Morgan fingerprint density at radius 1 is 1.26 bits per heavy atom. The van der Waals surface area contributed by atoms with Gasteiger partial charge in [-0.1, -0.05) is 20.8 Å². The molecule has 31 heavy (non-hydrogen) atoms. The Balaban J connectivity index is 1.86. The van der Waals surface area contributed by atoms with Crippen molar-refractivity contribution in [2.24, 2.45) is 0 Å². The lowest BCUT2D eigenvalue weighted by atomic mass is 9.93. The second-order valence-electron chi connectivity index (χ2n) is 8.03. The zero-order valence-electron chi connectivity index (χ0n) is 17.0. The number of halogens is 1. The Kier molecular flexibility index (Phi) is 4.74. The first-order valence-electron chi connectivity index (χ1n) is 9.43. The van der Waals surface area contributed by atoms with E-state index in [-0.39, 0.29) is 34.5 Å². The standard InChI is InChI=1S/C21H18FN7O2/c1-21(2,3)15-8-18-28(11-17(30)26-16-7-4-12(22)10-24-16)20(31)14-6-5-13(9-23)25-19(14)29(18)27-15/h4-8,10H,11H2,1-3H3,(H,24,26,30). The van der Waals surface area contributed by atoms with E-state index in [2.05, 4.69) is 20.4 Å². The van der Waals surface area contributed by atoms with Crippen molar-refractivity contribution in [3.05, 3.63) is 64.1 Å². The van der Waals surface area contributed by atoms with E-state index >= 15 is 0 Å². The summed E-state index contributed by atoms with van der Waals surface area (Å²) in [6, 6.07) is 9.13. The highest BCUT2D eigenvalue weighted by atomic mass is 19.1. The van der Waals surface area contributed by atoms with E-state index in [1.165, 1.54) is 33.3 Å². The molecule has 0 fully saturated rings. The quantitative estimate of drug-likeness (QED) is 0.545. The summed E-state index contributed by atoms with van der Waals surface area (Å²) in [4.78, 5) is 33.8. The highest BCUT2D eigenvalue weighted by Gasteiger charge is 2.22. The van der Waals surface area contributed by atoms with Crippen molar-refractivity contribution in [1.82, 2.24) is 24.1 Å². The lowest BCUT2D eigenvalue weighted by molar-refractivity contribution is -0.116. The molecule has 1 N–H and O–H groups in total. The van der Waals surface area contributed by atoms with Gasteiger partial charge in [0.25, 0.3) is 5.56 Å². The Morgan fingerprint density at radius 2 is 2.03 bits per heavy atom. The molecule has 0 aliphatic carbocycles. The normalized spacial score (nSPS) is 11.6. The van der Waals surface area contributed by atoms with Gasteiger partial charge in [0.15, 0.2) is 5.65 Å². The van der Waals surface area contributed by atoms with E-state index < -0.39 is 17.3 Å². The van der Waals surface area contributed by atoms with Crippen molar-refractivity contribution in [2.45, 2.75) is 32.7 Å². The van der Waals surface area contributed by atoms with Crippen LogP contribution in [0.3, 0.4) is 0 Å². The van der Waals surface area contributed by atoms with Crippen molar-refractivity contribution in [3.8, 4) is 6.07 Å². The number of amides is 1. The van der Waals surface area contributed by atoms with Gasteiger partial charge in [-0.15, -0.1) is 0 Å². The van der Waals surface area contributed by atoms with Crippen LogP contribution >= 0.6 is 0 Å². The molecule has 1 amide bonds. The van der Waals surface area contributed by atoms with Gasteiger partial charge in [-0.05, 0) is 24.3 Å². The zero-order chi connectivity index (χ0) is 22.3. The molecule has 4 rings (SSSR count). The molecule has 0 atom stereocenters. The van der Waals surface area contributed by atoms with Gasteiger partial charge in [-0.3, -0.25) is 14.2 Å². The highest BCUT2D eigenvalue weighted by Crippen LogP contribution is 2.23. The summed E-state index contributed by atoms with van der Waals surface area (Å²) in [5.41, 5.74) is 0.685. The van der Waals surface area contributed by atoms with Gasteiger partial charge >= 0.3 is 0 Å². The van der Waals surface area contributed by atoms with Crippen LogP contribution in [0, 0.1) is 17.1 Å². The number of hydrogen-bond acceptors (Lipinski definition) is 6. The number of pyridine rings is 2. The number of nitriles is 1. The number of aromatic nitrogens is 5. The predicted octanol–water partition coefficient (Wildman–Crippen LogP) is 2.39. The fourth-order valence-corrected chi connectivity index (χ4v) is 3.10. The summed E-state index contributed by atoms with van der Waals surface area (Å²) in [7, 11) is 0. The van der Waals surface area contributed by atoms with Crippen LogP contribution < -0.4 is 10.9 Å². The Bertz CT molecular complexity index is 1420. The third kappa shape index (κ3) is 3.73. The average molecular weight is 419 g/mol. The van der Waals surface area contributed by atoms with Gasteiger partial charge in [0.2, 0.25) is 5.91 Å². The lowest BCUT2D eigenvalue weighted by Crippen LogP contribution is -2.29. The summed E-state index contributed by atoms with van der Waals surface area (Å²) in [6.45, 7) is 5.61. The van der Waals surface area contributed by atoms with Crippen molar-refractivity contribution in [2.75, 3.05) is 5.32 Å². The van der Waals surface area contributed by atoms with E-state index in [0.29, 0.717) is 11.3 Å². The molecule has 0 aromatic carbocycles. The molecule has 9 nitrogen and oxygen atoms in total. The molecular formula is C21H18FN7O2. The Hall–Kier alpha value is -4.13. The van der Waals surface area contributed by atoms with E-state index in [9.17, 15) is 19.2 Å². The third-order valence-electron chi connectivity index (χ3n) is 4.70. The molecule has 10 heteroatoms. The number of carbonyl (C=O) groups is 1. The van der Waals surface area contributed by atoms with Crippen molar-refractivity contribution in [3.63, 3.8) is 0 Å². The van der Waals surface area contributed by atoms with E-state index in [1.807, 2.05) is 26.8 Å². The first-order valence-corrected chi connectivity index (χ1v) is 9.43. The topological polar surface area (TPSA) is 118 Å². The Morgan fingerprint density at radius 3 is 2.68 bits per heavy atom. The number of hydrogen-bond donors (Lipinski definition) is 1. The van der Waals surface area contributed by atoms with Crippen LogP contribution in [0.15, 0.2) is 41.3 Å². The molecule has 4 aromatic rings. The van der Waals surface area contributed by atoms with Crippen LogP contribution in [0.4, 0.5) is 10.2 Å². The van der Waals surface area contributed by atoms with E-state index in [4.69, 9.17) is 0 Å². The van der Waals surface area contributed by atoms with Crippen molar-refractivity contribution < 1.29 is 9.18 Å². The van der Waals surface area contributed by atoms with E-state index in [0.717, 1.165) is 6.20 Å². The SMILES string of the molecule is CC(C)(C)c1cc2n(CC(=O)Nc3ccc(F)cn3)c(=O)c3ccc(C#N)nc3n2n1. The van der Waals surface area contributed by atoms with E-state index in [1.54, 1.807) is 6.07 Å². The second-order valence-corrected chi connectivity index (χ2v) is 8.03. The van der Waals surface area contributed by atoms with Gasteiger partial charge in [0.05, 0.1) is 17.3 Å². The van der Waals surface area contributed by atoms with Crippen LogP contribution in [0.1, 0.15) is 32.2 Å². The maximum atomic E-state index is 13.2. The van der Waals surface area contributed by atoms with Crippen LogP contribution in [0.2, 0.25) is 0 Å². The largest absolute Gasteiger partial charge is 0.309 e. The van der Waals surface area contributed by atoms with Gasteiger partial charge in [0, 0.05) is 11.5 Å². The number of nitrogens with one attached hydrogen (secondary N) is 1. The first kappa shape index (κ1) is 20.2. The number of nitrogens with zero attached hydrogens (tertiary/aromatic N) is 6. The van der Waals surface area contributed by atoms with Crippen LogP contribution in [-0.4, -0.2) is 30.1 Å². The van der Waals surface area contributed by atoms with Crippen molar-refractivity contribution in [1.29, 1.82) is 5.26 Å². The summed E-state index contributed by atoms with van der Waals surface area (Å²) >= 11 is 0. The molecule has 0 saturated carbocycles. The molecular weight excluding hydrogens is 401 g/mol. The van der Waals surface area contributed by atoms with Gasteiger partial charge in [-0.25, -0.2) is 14.4 Å². The number of rotatable bonds is 3. The van der Waals surface area contributed by atoms with Crippen LogP contribution in [0.5, 0.6) is 0 Å². The first-order chi connectivity index (χ1) is 14.7. The number of anilines is 1. The second kappa shape index (κ2) is 7.28. The minimum absolute atomic E-state index is 0.152.